The first kappa shape index (κ1) is 14.6. The molecule has 0 aliphatic carbocycles. The fraction of sp³-hybridized carbons (Fsp3) is 0.364. The van der Waals surface area contributed by atoms with Crippen LogP contribution in [-0.4, -0.2) is 25.5 Å². The molecule has 3 nitrogen and oxygen atoms in total. The molecule has 0 bridgehead atoms. The number of nitrogens with zero attached hydrogens (tertiary/aromatic N) is 1. The summed E-state index contributed by atoms with van der Waals surface area (Å²) in [5, 5.41) is 5.94. The fourth-order valence-electron chi connectivity index (χ4n) is 1.56. The highest BCUT2D eigenvalue weighted by atomic mass is 35.5. The topological polar surface area (TPSA) is 36.4 Å². The van der Waals surface area contributed by atoms with Crippen molar-refractivity contribution in [1.82, 2.24) is 5.32 Å². The molecule has 0 fully saturated rings. The minimum atomic E-state index is -4.30. The highest BCUT2D eigenvalue weighted by Gasteiger charge is 2.30. The zero-order valence-electron chi connectivity index (χ0n) is 9.42. The van der Waals surface area contributed by atoms with Gasteiger partial charge in [-0.2, -0.15) is 13.2 Å². The van der Waals surface area contributed by atoms with Gasteiger partial charge >= 0.3 is 6.18 Å². The molecule has 1 aromatic carbocycles. The summed E-state index contributed by atoms with van der Waals surface area (Å²) in [6.45, 7) is 1.93. The van der Waals surface area contributed by atoms with E-state index in [1.54, 1.807) is 6.07 Å². The number of rotatable bonds is 3. The molecule has 100 valence electrons. The average molecular weight is 280 g/mol. The summed E-state index contributed by atoms with van der Waals surface area (Å²) in [4.78, 5) is 4.14. The van der Waals surface area contributed by atoms with Crippen LogP contribution < -0.4 is 10.6 Å². The largest absolute Gasteiger partial charge is 0.416 e. The molecule has 1 aromatic rings. The van der Waals surface area contributed by atoms with Gasteiger partial charge in [0, 0.05) is 12.2 Å². The summed E-state index contributed by atoms with van der Waals surface area (Å²) in [7, 11) is 0. The Morgan fingerprint density at radius 1 is 1.33 bits per heavy atom. The summed E-state index contributed by atoms with van der Waals surface area (Å²) in [6.07, 6.45) is -4.30. The van der Waals surface area contributed by atoms with E-state index in [9.17, 15) is 13.2 Å². The molecule has 1 aliphatic heterocycles. The van der Waals surface area contributed by atoms with Gasteiger partial charge in [-0.3, -0.25) is 4.99 Å². The van der Waals surface area contributed by atoms with Crippen LogP contribution in [0.5, 0.6) is 0 Å². The molecule has 7 heteroatoms. The standard InChI is InChI=1S/C11H12F3N3.ClH/c12-11(13,14)8-2-1-3-9(6-8)17-7-10-15-4-5-16-10;/h1-3,6,17H,4-5,7H2,(H,15,16);1H. The van der Waals surface area contributed by atoms with Crippen molar-refractivity contribution >= 4 is 23.9 Å². The van der Waals surface area contributed by atoms with E-state index in [1.165, 1.54) is 6.07 Å². The van der Waals surface area contributed by atoms with Gasteiger partial charge in [0.25, 0.3) is 0 Å². The second-order valence-corrected chi connectivity index (χ2v) is 3.69. The molecule has 18 heavy (non-hydrogen) atoms. The van der Waals surface area contributed by atoms with Crippen molar-refractivity contribution in [3.63, 3.8) is 0 Å². The van der Waals surface area contributed by atoms with Crippen molar-refractivity contribution in [3.8, 4) is 0 Å². The third kappa shape index (κ3) is 3.80. The highest BCUT2D eigenvalue weighted by molar-refractivity contribution is 5.87. The quantitative estimate of drug-likeness (QED) is 0.892. The van der Waals surface area contributed by atoms with Crippen molar-refractivity contribution in [3.05, 3.63) is 29.8 Å². The Morgan fingerprint density at radius 3 is 2.72 bits per heavy atom. The number of benzene rings is 1. The molecule has 0 atom stereocenters. The number of nitrogens with one attached hydrogen (secondary N) is 2. The second kappa shape index (κ2) is 5.95. The maximum atomic E-state index is 12.4. The lowest BCUT2D eigenvalue weighted by Gasteiger charge is -2.10. The number of hydrogen-bond acceptors (Lipinski definition) is 3. The smallest absolute Gasteiger partial charge is 0.378 e. The minimum Gasteiger partial charge on any atom is -0.378 e. The van der Waals surface area contributed by atoms with Gasteiger partial charge in [0.15, 0.2) is 0 Å². The van der Waals surface area contributed by atoms with Gasteiger partial charge in [-0.25, -0.2) is 0 Å². The predicted octanol–water partition coefficient (Wildman–Crippen LogP) is 2.54. The summed E-state index contributed by atoms with van der Waals surface area (Å²) in [5.74, 6) is 0.780. The molecule has 2 N–H and O–H groups in total. The maximum Gasteiger partial charge on any atom is 0.416 e. The van der Waals surface area contributed by atoms with Crippen LogP contribution in [-0.2, 0) is 6.18 Å². The Labute approximate surface area is 109 Å². The first-order chi connectivity index (χ1) is 8.05. The number of aliphatic imine (C=N–C) groups is 1. The van der Waals surface area contributed by atoms with Crippen LogP contribution in [0.4, 0.5) is 18.9 Å². The molecular formula is C11H13ClF3N3. The summed E-state index contributed by atoms with van der Waals surface area (Å²) in [6, 6.07) is 5.13. The number of halogens is 4. The number of anilines is 1. The summed E-state index contributed by atoms with van der Waals surface area (Å²) >= 11 is 0. The van der Waals surface area contributed by atoms with E-state index in [4.69, 9.17) is 0 Å². The van der Waals surface area contributed by atoms with Crippen LogP contribution in [0, 0.1) is 0 Å². The Kier molecular flexibility index (Phi) is 4.84. The maximum absolute atomic E-state index is 12.4. The van der Waals surface area contributed by atoms with E-state index in [0.717, 1.165) is 31.1 Å². The lowest BCUT2D eigenvalue weighted by atomic mass is 10.2. The lowest BCUT2D eigenvalue weighted by molar-refractivity contribution is -0.137. The molecule has 0 aromatic heterocycles. The zero-order valence-corrected chi connectivity index (χ0v) is 10.2. The monoisotopic (exact) mass is 279 g/mol. The van der Waals surface area contributed by atoms with Gasteiger partial charge in [0.2, 0.25) is 0 Å². The van der Waals surface area contributed by atoms with Gasteiger partial charge in [-0.1, -0.05) is 6.07 Å². The normalized spacial score (nSPS) is 14.5. The van der Waals surface area contributed by atoms with Crippen molar-refractivity contribution < 1.29 is 13.2 Å². The predicted molar refractivity (Wildman–Crippen MR) is 67.5 cm³/mol. The Balaban J connectivity index is 0.00000162. The first-order valence-electron chi connectivity index (χ1n) is 5.24. The van der Waals surface area contributed by atoms with Crippen LogP contribution in [0.2, 0.25) is 0 Å². The molecule has 0 amide bonds. The third-order valence-electron chi connectivity index (χ3n) is 2.39. The molecule has 1 heterocycles. The van der Waals surface area contributed by atoms with Gasteiger partial charge in [0.1, 0.15) is 5.84 Å². The van der Waals surface area contributed by atoms with Crippen molar-refractivity contribution in [2.75, 3.05) is 25.0 Å². The average Bonchev–Trinajstić information content (AvgIpc) is 2.78. The molecule has 2 rings (SSSR count). The van der Waals surface area contributed by atoms with Crippen LogP contribution >= 0.6 is 12.4 Å². The molecule has 0 saturated heterocycles. The molecule has 0 unspecified atom stereocenters. The zero-order chi connectivity index (χ0) is 12.3. The Morgan fingerprint density at radius 2 is 2.11 bits per heavy atom. The molecule has 0 saturated carbocycles. The van der Waals surface area contributed by atoms with Gasteiger partial charge < -0.3 is 10.6 Å². The molecule has 1 aliphatic rings. The highest BCUT2D eigenvalue weighted by Crippen LogP contribution is 2.30. The van der Waals surface area contributed by atoms with E-state index in [-0.39, 0.29) is 12.4 Å². The molecule has 0 spiro atoms. The second-order valence-electron chi connectivity index (χ2n) is 3.69. The number of amidine groups is 1. The van der Waals surface area contributed by atoms with Crippen molar-refractivity contribution in [2.24, 2.45) is 4.99 Å². The SMILES string of the molecule is Cl.FC(F)(F)c1cccc(NCC2=NCCN2)c1. The van der Waals surface area contributed by atoms with Crippen molar-refractivity contribution in [1.29, 1.82) is 0 Å². The van der Waals surface area contributed by atoms with Gasteiger partial charge in [-0.05, 0) is 18.2 Å². The van der Waals surface area contributed by atoms with Crippen LogP contribution in [0.15, 0.2) is 29.3 Å². The van der Waals surface area contributed by atoms with E-state index in [2.05, 4.69) is 15.6 Å². The summed E-state index contributed by atoms with van der Waals surface area (Å²) in [5.41, 5.74) is -0.208. The van der Waals surface area contributed by atoms with Crippen LogP contribution in [0.1, 0.15) is 5.56 Å². The Bertz CT molecular complexity index is 432. The van der Waals surface area contributed by atoms with Crippen LogP contribution in [0.25, 0.3) is 0 Å². The summed E-state index contributed by atoms with van der Waals surface area (Å²) < 4.78 is 37.3. The van der Waals surface area contributed by atoms with E-state index >= 15 is 0 Å². The lowest BCUT2D eigenvalue weighted by Crippen LogP contribution is -2.26. The minimum absolute atomic E-state index is 0. The van der Waals surface area contributed by atoms with E-state index < -0.39 is 11.7 Å². The fourth-order valence-corrected chi connectivity index (χ4v) is 1.56. The molecular weight excluding hydrogens is 267 g/mol. The molecule has 0 radical (unpaired) electrons. The number of alkyl halides is 3. The van der Waals surface area contributed by atoms with E-state index in [1.807, 2.05) is 0 Å². The Hall–Kier alpha value is -1.43. The third-order valence-corrected chi connectivity index (χ3v) is 2.39. The van der Waals surface area contributed by atoms with Gasteiger partial charge in [-0.15, -0.1) is 12.4 Å². The van der Waals surface area contributed by atoms with Gasteiger partial charge in [0.05, 0.1) is 18.7 Å². The van der Waals surface area contributed by atoms with Crippen LogP contribution in [0.3, 0.4) is 0 Å². The van der Waals surface area contributed by atoms with Crippen molar-refractivity contribution in [2.45, 2.75) is 6.18 Å². The first-order valence-corrected chi connectivity index (χ1v) is 5.24. The number of hydrogen-bond donors (Lipinski definition) is 2. The van der Waals surface area contributed by atoms with E-state index in [0.29, 0.717) is 12.2 Å².